The molecule has 184 valence electrons. The molecule has 0 radical (unpaired) electrons. The standard InChI is InChI=1S/C24H28N6O4S/c1-3-28-8-9-30(15-20(28)31)19-14-16(6-7-25-19)23(32)27-24-26-21-18(33-2)5-4-17(22(21)35-24)29-10-12-34-13-11-29/h4-7,14H,3,8-13,15H2,1-2H3,(H,26,27,32). The van der Waals surface area contributed by atoms with Crippen LogP contribution in [-0.4, -0.2) is 86.3 Å². The van der Waals surface area contributed by atoms with Crippen molar-refractivity contribution >= 4 is 50.0 Å². The average molecular weight is 497 g/mol. The van der Waals surface area contributed by atoms with Crippen molar-refractivity contribution in [2.24, 2.45) is 0 Å². The molecule has 0 bridgehead atoms. The number of nitrogens with zero attached hydrogens (tertiary/aromatic N) is 5. The maximum absolute atomic E-state index is 13.1. The van der Waals surface area contributed by atoms with Crippen LogP contribution >= 0.6 is 11.3 Å². The van der Waals surface area contributed by atoms with Gasteiger partial charge in [0.15, 0.2) is 5.13 Å². The molecule has 11 heteroatoms. The number of morpholine rings is 1. The Balaban J connectivity index is 1.37. The largest absolute Gasteiger partial charge is 0.494 e. The van der Waals surface area contributed by atoms with Crippen molar-refractivity contribution in [3.8, 4) is 5.75 Å². The number of anilines is 3. The molecule has 4 heterocycles. The van der Waals surface area contributed by atoms with E-state index in [0.717, 1.165) is 29.0 Å². The lowest BCUT2D eigenvalue weighted by Crippen LogP contribution is -2.50. The first-order valence-corrected chi connectivity index (χ1v) is 12.5. The number of hydrogen-bond donors (Lipinski definition) is 1. The second-order valence-electron chi connectivity index (χ2n) is 8.33. The molecule has 10 nitrogen and oxygen atoms in total. The van der Waals surface area contributed by atoms with Crippen molar-refractivity contribution < 1.29 is 19.1 Å². The summed E-state index contributed by atoms with van der Waals surface area (Å²) >= 11 is 1.42. The summed E-state index contributed by atoms with van der Waals surface area (Å²) in [6.07, 6.45) is 1.60. The summed E-state index contributed by atoms with van der Waals surface area (Å²) in [6, 6.07) is 7.32. The topological polar surface area (TPSA) is 100 Å². The molecule has 2 aliphatic rings. The first-order valence-electron chi connectivity index (χ1n) is 11.7. The Bertz CT molecular complexity index is 1240. The van der Waals surface area contributed by atoms with Crippen LogP contribution in [0.15, 0.2) is 30.5 Å². The normalized spacial score (nSPS) is 16.6. The molecule has 2 aromatic heterocycles. The molecule has 2 fully saturated rings. The van der Waals surface area contributed by atoms with Gasteiger partial charge in [0, 0.05) is 44.5 Å². The number of amides is 2. The van der Waals surface area contributed by atoms with Gasteiger partial charge in [-0.25, -0.2) is 9.97 Å². The van der Waals surface area contributed by atoms with Crippen LogP contribution in [0.5, 0.6) is 5.75 Å². The van der Waals surface area contributed by atoms with Crippen molar-refractivity contribution in [3.05, 3.63) is 36.0 Å². The quantitative estimate of drug-likeness (QED) is 0.556. The SMILES string of the molecule is CCN1CCN(c2cc(C(=O)Nc3nc4c(OC)ccc(N5CCOCC5)c4s3)ccn2)CC1=O. The van der Waals surface area contributed by atoms with Gasteiger partial charge in [-0.15, -0.1) is 0 Å². The van der Waals surface area contributed by atoms with E-state index in [1.807, 2.05) is 28.9 Å². The summed E-state index contributed by atoms with van der Waals surface area (Å²) in [5, 5.41) is 3.43. The molecule has 2 saturated heterocycles. The highest BCUT2D eigenvalue weighted by Crippen LogP contribution is 2.39. The highest BCUT2D eigenvalue weighted by molar-refractivity contribution is 7.23. The number of aromatic nitrogens is 2. The first-order chi connectivity index (χ1) is 17.1. The van der Waals surface area contributed by atoms with Crippen LogP contribution in [0.2, 0.25) is 0 Å². The molecule has 35 heavy (non-hydrogen) atoms. The van der Waals surface area contributed by atoms with E-state index in [0.29, 0.717) is 55.1 Å². The number of pyridine rings is 1. The Morgan fingerprint density at radius 3 is 2.74 bits per heavy atom. The van der Waals surface area contributed by atoms with E-state index in [9.17, 15) is 9.59 Å². The molecular formula is C24H28N6O4S. The minimum absolute atomic E-state index is 0.0647. The van der Waals surface area contributed by atoms with Crippen molar-refractivity contribution in [3.63, 3.8) is 0 Å². The van der Waals surface area contributed by atoms with Crippen molar-refractivity contribution in [2.75, 3.05) is 74.7 Å². The molecule has 0 aliphatic carbocycles. The molecule has 2 amide bonds. The van der Waals surface area contributed by atoms with Crippen LogP contribution in [0.3, 0.4) is 0 Å². The van der Waals surface area contributed by atoms with Gasteiger partial charge < -0.3 is 24.2 Å². The summed E-state index contributed by atoms with van der Waals surface area (Å²) in [6.45, 7) is 7.21. The molecule has 0 unspecified atom stereocenters. The number of thiazole rings is 1. The van der Waals surface area contributed by atoms with Crippen LogP contribution in [0.25, 0.3) is 10.2 Å². The van der Waals surface area contributed by atoms with E-state index in [4.69, 9.17) is 9.47 Å². The lowest BCUT2D eigenvalue weighted by molar-refractivity contribution is -0.130. The fourth-order valence-electron chi connectivity index (χ4n) is 4.38. The van der Waals surface area contributed by atoms with E-state index in [1.165, 1.54) is 11.3 Å². The number of carbonyl (C=O) groups excluding carboxylic acids is 2. The van der Waals surface area contributed by atoms with E-state index >= 15 is 0 Å². The van der Waals surface area contributed by atoms with Crippen LogP contribution in [0.1, 0.15) is 17.3 Å². The summed E-state index contributed by atoms with van der Waals surface area (Å²) in [5.74, 6) is 1.06. The van der Waals surface area contributed by atoms with Gasteiger partial charge in [-0.05, 0) is 31.2 Å². The summed E-state index contributed by atoms with van der Waals surface area (Å²) in [5.41, 5.74) is 2.24. The molecule has 0 saturated carbocycles. The van der Waals surface area contributed by atoms with E-state index in [2.05, 4.69) is 20.2 Å². The molecule has 1 N–H and O–H groups in total. The van der Waals surface area contributed by atoms with Gasteiger partial charge in [0.1, 0.15) is 17.1 Å². The number of rotatable bonds is 6. The number of benzene rings is 1. The minimum atomic E-state index is -0.280. The van der Waals surface area contributed by atoms with Gasteiger partial charge in [0.25, 0.3) is 5.91 Å². The Morgan fingerprint density at radius 2 is 2.00 bits per heavy atom. The summed E-state index contributed by atoms with van der Waals surface area (Å²) < 4.78 is 12.0. The van der Waals surface area contributed by atoms with Crippen LogP contribution in [0.4, 0.5) is 16.6 Å². The summed E-state index contributed by atoms with van der Waals surface area (Å²) in [7, 11) is 1.62. The number of likely N-dealkylation sites (N-methyl/N-ethyl adjacent to an activating group) is 1. The number of methoxy groups -OCH3 is 1. The molecule has 0 spiro atoms. The molecule has 5 rings (SSSR count). The average Bonchev–Trinajstić information content (AvgIpc) is 3.32. The highest BCUT2D eigenvalue weighted by atomic mass is 32.1. The zero-order chi connectivity index (χ0) is 24.4. The summed E-state index contributed by atoms with van der Waals surface area (Å²) in [4.78, 5) is 40.5. The smallest absolute Gasteiger partial charge is 0.257 e. The Kier molecular flexibility index (Phi) is 6.69. The fraction of sp³-hybridized carbons (Fsp3) is 0.417. The zero-order valence-electron chi connectivity index (χ0n) is 19.8. The Hall–Kier alpha value is -3.44. The van der Waals surface area contributed by atoms with Crippen molar-refractivity contribution in [1.29, 1.82) is 0 Å². The Morgan fingerprint density at radius 1 is 1.17 bits per heavy atom. The van der Waals surface area contributed by atoms with Crippen molar-refractivity contribution in [1.82, 2.24) is 14.9 Å². The molecule has 0 atom stereocenters. The predicted octanol–water partition coefficient (Wildman–Crippen LogP) is 2.46. The van der Waals surface area contributed by atoms with Gasteiger partial charge in [-0.1, -0.05) is 11.3 Å². The maximum Gasteiger partial charge on any atom is 0.257 e. The maximum atomic E-state index is 13.1. The van der Waals surface area contributed by atoms with Crippen LogP contribution in [0, 0.1) is 0 Å². The lowest BCUT2D eigenvalue weighted by Gasteiger charge is -2.34. The van der Waals surface area contributed by atoms with Gasteiger partial charge in [-0.3, -0.25) is 14.9 Å². The van der Waals surface area contributed by atoms with Gasteiger partial charge in [0.05, 0.1) is 37.3 Å². The Labute approximate surface area is 207 Å². The number of carbonyl (C=O) groups is 2. The van der Waals surface area contributed by atoms with Crippen LogP contribution in [-0.2, 0) is 9.53 Å². The molecule has 2 aliphatic heterocycles. The van der Waals surface area contributed by atoms with E-state index in [1.54, 1.807) is 25.4 Å². The van der Waals surface area contributed by atoms with Crippen LogP contribution < -0.4 is 19.9 Å². The molecule has 1 aromatic carbocycles. The molecule has 3 aromatic rings. The third-order valence-corrected chi connectivity index (χ3v) is 7.30. The second kappa shape index (κ2) is 10.0. The highest BCUT2D eigenvalue weighted by Gasteiger charge is 2.24. The lowest BCUT2D eigenvalue weighted by atomic mass is 10.2. The number of fused-ring (bicyclic) bond motifs is 1. The zero-order valence-corrected chi connectivity index (χ0v) is 20.6. The minimum Gasteiger partial charge on any atom is -0.494 e. The number of nitrogens with one attached hydrogen (secondary N) is 1. The van der Waals surface area contributed by atoms with E-state index < -0.39 is 0 Å². The predicted molar refractivity (Wildman–Crippen MR) is 136 cm³/mol. The van der Waals surface area contributed by atoms with Gasteiger partial charge in [0.2, 0.25) is 5.91 Å². The van der Waals surface area contributed by atoms with Crippen molar-refractivity contribution in [2.45, 2.75) is 6.92 Å². The number of ether oxygens (including phenoxy) is 2. The fourth-order valence-corrected chi connectivity index (χ4v) is 5.40. The number of piperazine rings is 1. The molecular weight excluding hydrogens is 468 g/mol. The first kappa shape index (κ1) is 23.3. The third kappa shape index (κ3) is 4.73. The van der Waals surface area contributed by atoms with E-state index in [-0.39, 0.29) is 18.4 Å². The van der Waals surface area contributed by atoms with Gasteiger partial charge >= 0.3 is 0 Å². The van der Waals surface area contributed by atoms with Gasteiger partial charge in [-0.2, -0.15) is 0 Å². The number of hydrogen-bond acceptors (Lipinski definition) is 9. The third-order valence-electron chi connectivity index (χ3n) is 6.31. The monoisotopic (exact) mass is 496 g/mol. The second-order valence-corrected chi connectivity index (χ2v) is 9.33.